The van der Waals surface area contributed by atoms with Crippen molar-refractivity contribution >= 4 is 30.0 Å². The predicted molar refractivity (Wildman–Crippen MR) is 117 cm³/mol. The summed E-state index contributed by atoms with van der Waals surface area (Å²) < 4.78 is 78.7. The van der Waals surface area contributed by atoms with Gasteiger partial charge in [-0.25, -0.2) is 16.8 Å². The van der Waals surface area contributed by atoms with Crippen molar-refractivity contribution in [3.8, 4) is 0 Å². The van der Waals surface area contributed by atoms with Crippen LogP contribution in [0, 0.1) is 0 Å². The van der Waals surface area contributed by atoms with Crippen LogP contribution in [0.2, 0.25) is 0 Å². The van der Waals surface area contributed by atoms with Gasteiger partial charge in [-0.15, -0.1) is 0 Å². The molecule has 2 atom stereocenters. The summed E-state index contributed by atoms with van der Waals surface area (Å²) in [6.07, 6.45) is 2.44. The number of rotatable bonds is 8. The Morgan fingerprint density at radius 1 is 0.903 bits per heavy atom. The number of nitrogens with zero attached hydrogens (tertiary/aromatic N) is 1. The zero-order chi connectivity index (χ0) is 22.9. The van der Waals surface area contributed by atoms with Crippen LogP contribution >= 0.6 is 0 Å². The number of sulfone groups is 1. The Morgan fingerprint density at radius 3 is 2.06 bits per heavy atom. The third kappa shape index (κ3) is 6.36. The van der Waals surface area contributed by atoms with E-state index in [-0.39, 0.29) is 29.7 Å². The van der Waals surface area contributed by atoms with Crippen molar-refractivity contribution in [3.05, 3.63) is 65.7 Å². The van der Waals surface area contributed by atoms with E-state index in [9.17, 15) is 25.3 Å². The molecule has 1 heterocycles. The highest BCUT2D eigenvalue weighted by molar-refractivity contribution is 7.91. The molecular formula is C20H25NO7S3. The second-order valence-electron chi connectivity index (χ2n) is 7.72. The standard InChI is InChI=1S/C20H25NO7S3/c1-29(22,23)21-13-18(17-6-4-3-5-7-17)12-19(21)15-31(26,27)20-10-8-16(9-11-20)14-28-30(2,24)25/h3-11,18-19H,12-15H2,1-2H3/t18-,19-/m0/s1. The van der Waals surface area contributed by atoms with Crippen molar-refractivity contribution in [2.75, 3.05) is 24.8 Å². The van der Waals surface area contributed by atoms with Crippen LogP contribution in [0.1, 0.15) is 23.5 Å². The maximum atomic E-state index is 13.0. The second kappa shape index (κ2) is 8.99. The molecule has 170 valence electrons. The number of hydrogen-bond acceptors (Lipinski definition) is 7. The van der Waals surface area contributed by atoms with Crippen molar-refractivity contribution in [1.82, 2.24) is 4.31 Å². The molecular weight excluding hydrogens is 462 g/mol. The highest BCUT2D eigenvalue weighted by atomic mass is 32.2. The highest BCUT2D eigenvalue weighted by Crippen LogP contribution is 2.34. The minimum absolute atomic E-state index is 0.0483. The highest BCUT2D eigenvalue weighted by Gasteiger charge is 2.40. The first-order valence-corrected chi connectivity index (χ1v) is 14.8. The maximum Gasteiger partial charge on any atom is 0.264 e. The molecule has 0 aromatic heterocycles. The van der Waals surface area contributed by atoms with Gasteiger partial charge in [-0.3, -0.25) is 4.18 Å². The van der Waals surface area contributed by atoms with E-state index in [1.807, 2.05) is 30.3 Å². The molecule has 1 aliphatic heterocycles. The molecule has 2 aromatic carbocycles. The minimum atomic E-state index is -3.77. The molecule has 1 fully saturated rings. The van der Waals surface area contributed by atoms with E-state index in [0.29, 0.717) is 12.0 Å². The Labute approximate surface area is 183 Å². The number of hydrogen-bond donors (Lipinski definition) is 0. The van der Waals surface area contributed by atoms with Gasteiger partial charge >= 0.3 is 0 Å². The Bertz CT molecular complexity index is 1220. The Morgan fingerprint density at radius 2 is 1.52 bits per heavy atom. The molecule has 0 N–H and O–H groups in total. The minimum Gasteiger partial charge on any atom is -0.265 e. The van der Waals surface area contributed by atoms with E-state index in [1.54, 1.807) is 0 Å². The molecule has 31 heavy (non-hydrogen) atoms. The van der Waals surface area contributed by atoms with Gasteiger partial charge in [0.25, 0.3) is 10.1 Å². The Balaban J connectivity index is 1.78. The van der Waals surface area contributed by atoms with E-state index in [4.69, 9.17) is 4.18 Å². The van der Waals surface area contributed by atoms with Crippen LogP contribution in [0.4, 0.5) is 0 Å². The summed E-state index contributed by atoms with van der Waals surface area (Å²) in [6.45, 7) is 0.0488. The molecule has 1 saturated heterocycles. The van der Waals surface area contributed by atoms with E-state index in [0.717, 1.165) is 18.1 Å². The van der Waals surface area contributed by atoms with E-state index in [1.165, 1.54) is 28.6 Å². The van der Waals surface area contributed by atoms with Gasteiger partial charge in [0.15, 0.2) is 9.84 Å². The van der Waals surface area contributed by atoms with Crippen molar-refractivity contribution in [2.24, 2.45) is 0 Å². The van der Waals surface area contributed by atoms with E-state index < -0.39 is 36.0 Å². The molecule has 2 aromatic rings. The second-order valence-corrected chi connectivity index (χ2v) is 13.3. The van der Waals surface area contributed by atoms with Crippen molar-refractivity contribution in [3.63, 3.8) is 0 Å². The average molecular weight is 488 g/mol. The van der Waals surface area contributed by atoms with Gasteiger partial charge in [0.05, 0.1) is 29.8 Å². The molecule has 3 rings (SSSR count). The summed E-state index contributed by atoms with van der Waals surface area (Å²) >= 11 is 0. The summed E-state index contributed by atoms with van der Waals surface area (Å²) in [5.74, 6) is -0.408. The van der Waals surface area contributed by atoms with Gasteiger partial charge in [0.1, 0.15) is 0 Å². The van der Waals surface area contributed by atoms with Gasteiger partial charge in [-0.1, -0.05) is 42.5 Å². The van der Waals surface area contributed by atoms with Crippen LogP contribution in [-0.4, -0.2) is 60.4 Å². The summed E-state index contributed by atoms with van der Waals surface area (Å²) in [6, 6.07) is 14.5. The molecule has 8 nitrogen and oxygen atoms in total. The van der Waals surface area contributed by atoms with Crippen molar-refractivity contribution in [1.29, 1.82) is 0 Å². The first kappa shape index (κ1) is 23.9. The largest absolute Gasteiger partial charge is 0.265 e. The fraction of sp³-hybridized carbons (Fsp3) is 0.400. The lowest BCUT2D eigenvalue weighted by atomic mass is 9.97. The third-order valence-corrected chi connectivity index (χ3v) is 8.85. The SMILES string of the molecule is CS(=O)(=O)OCc1ccc(S(=O)(=O)C[C@@H]2C[C@H](c3ccccc3)CN2S(C)(=O)=O)cc1. The van der Waals surface area contributed by atoms with Crippen LogP contribution in [0.3, 0.4) is 0 Å². The molecule has 1 aliphatic rings. The predicted octanol–water partition coefficient (Wildman–Crippen LogP) is 1.75. The number of benzene rings is 2. The summed E-state index contributed by atoms with van der Waals surface area (Å²) in [4.78, 5) is 0.0483. The van der Waals surface area contributed by atoms with Crippen LogP contribution in [0.15, 0.2) is 59.5 Å². The zero-order valence-corrected chi connectivity index (χ0v) is 19.7. The topological polar surface area (TPSA) is 115 Å². The quantitative estimate of drug-likeness (QED) is 0.521. The van der Waals surface area contributed by atoms with Gasteiger partial charge in [0.2, 0.25) is 10.0 Å². The molecule has 0 bridgehead atoms. The lowest BCUT2D eigenvalue weighted by Gasteiger charge is -2.21. The Hall–Kier alpha value is -1.79. The lowest BCUT2D eigenvalue weighted by molar-refractivity contribution is 0.311. The average Bonchev–Trinajstić information content (AvgIpc) is 3.10. The first-order chi connectivity index (χ1) is 14.4. The van der Waals surface area contributed by atoms with Crippen LogP contribution in [0.5, 0.6) is 0 Å². The van der Waals surface area contributed by atoms with Crippen LogP contribution in [0.25, 0.3) is 0 Å². The van der Waals surface area contributed by atoms with Gasteiger partial charge in [-0.2, -0.15) is 12.7 Å². The lowest BCUT2D eigenvalue weighted by Crippen LogP contribution is -2.39. The van der Waals surface area contributed by atoms with Crippen molar-refractivity contribution < 1.29 is 29.4 Å². The molecule has 0 radical (unpaired) electrons. The van der Waals surface area contributed by atoms with Crippen LogP contribution in [-0.2, 0) is 40.8 Å². The van der Waals surface area contributed by atoms with Gasteiger partial charge in [0, 0.05) is 12.6 Å². The normalized spacial score (nSPS) is 20.7. The van der Waals surface area contributed by atoms with E-state index >= 15 is 0 Å². The molecule has 0 amide bonds. The van der Waals surface area contributed by atoms with Gasteiger partial charge < -0.3 is 0 Å². The molecule has 0 unspecified atom stereocenters. The fourth-order valence-electron chi connectivity index (χ4n) is 3.73. The molecule has 11 heteroatoms. The molecule has 0 aliphatic carbocycles. The molecule has 0 spiro atoms. The van der Waals surface area contributed by atoms with E-state index in [2.05, 4.69) is 0 Å². The summed E-state index contributed by atoms with van der Waals surface area (Å²) in [5.41, 5.74) is 1.48. The summed E-state index contributed by atoms with van der Waals surface area (Å²) in [5, 5.41) is 0. The molecule has 0 saturated carbocycles. The summed E-state index contributed by atoms with van der Waals surface area (Å²) in [7, 11) is -11.0. The number of sulfonamides is 1. The monoisotopic (exact) mass is 487 g/mol. The van der Waals surface area contributed by atoms with Crippen molar-refractivity contribution in [2.45, 2.75) is 29.9 Å². The van der Waals surface area contributed by atoms with Gasteiger partial charge in [-0.05, 0) is 35.6 Å². The smallest absolute Gasteiger partial charge is 0.264 e. The maximum absolute atomic E-state index is 13.0. The fourth-order valence-corrected chi connectivity index (χ4v) is 6.89. The van der Waals surface area contributed by atoms with Crippen LogP contribution < -0.4 is 0 Å². The first-order valence-electron chi connectivity index (χ1n) is 9.53. The third-order valence-electron chi connectivity index (χ3n) is 5.20. The zero-order valence-electron chi connectivity index (χ0n) is 17.2. The Kier molecular flexibility index (Phi) is 6.92.